The lowest BCUT2D eigenvalue weighted by molar-refractivity contribution is 0.668. The monoisotopic (exact) mass is 690 g/mol. The fraction of sp³-hybridized carbons (Fsp3) is 0. The van der Waals surface area contributed by atoms with E-state index in [1.807, 2.05) is 24.3 Å². The highest BCUT2D eigenvalue weighted by Crippen LogP contribution is 2.41. The lowest BCUT2D eigenvalue weighted by atomic mass is 9.90. The van der Waals surface area contributed by atoms with E-state index in [1.54, 1.807) is 6.08 Å². The van der Waals surface area contributed by atoms with E-state index in [0.717, 1.165) is 104 Å². The molecule has 2 heterocycles. The van der Waals surface area contributed by atoms with Crippen LogP contribution in [0.25, 0.3) is 104 Å². The minimum atomic E-state index is 0.863. The summed E-state index contributed by atoms with van der Waals surface area (Å²) >= 11 is 0. The summed E-state index contributed by atoms with van der Waals surface area (Å²) in [5.74, 6) is 0. The summed E-state index contributed by atoms with van der Waals surface area (Å²) in [7, 11) is 0. The molecule has 0 bridgehead atoms. The van der Waals surface area contributed by atoms with Gasteiger partial charge in [-0.3, -0.25) is 0 Å². The molecule has 2 nitrogen and oxygen atoms in total. The molecule has 2 aromatic heterocycles. The first kappa shape index (κ1) is 31.6. The number of fused-ring (bicyclic) bond motifs is 9. The van der Waals surface area contributed by atoms with Gasteiger partial charge in [0, 0.05) is 21.5 Å². The third kappa shape index (κ3) is 5.19. The van der Waals surface area contributed by atoms with Crippen LogP contribution in [-0.2, 0) is 0 Å². The van der Waals surface area contributed by atoms with E-state index in [0.29, 0.717) is 0 Å². The summed E-state index contributed by atoms with van der Waals surface area (Å²) in [6, 6.07) is 58.2. The van der Waals surface area contributed by atoms with Crippen LogP contribution in [0.1, 0.15) is 5.56 Å². The van der Waals surface area contributed by atoms with Crippen LogP contribution >= 0.6 is 0 Å². The van der Waals surface area contributed by atoms with Crippen molar-refractivity contribution >= 4 is 81.8 Å². The van der Waals surface area contributed by atoms with Gasteiger partial charge in [-0.1, -0.05) is 153 Å². The molecule has 10 rings (SSSR count). The maximum absolute atomic E-state index is 6.51. The minimum Gasteiger partial charge on any atom is -0.456 e. The van der Waals surface area contributed by atoms with Crippen molar-refractivity contribution in [3.05, 3.63) is 201 Å². The van der Waals surface area contributed by atoms with Gasteiger partial charge in [-0.25, -0.2) is 0 Å². The lowest BCUT2D eigenvalue weighted by Crippen LogP contribution is -1.88. The predicted octanol–water partition coefficient (Wildman–Crippen LogP) is 15.2. The zero-order valence-corrected chi connectivity index (χ0v) is 29.6. The Balaban J connectivity index is 1.19. The molecule has 2 heteroatoms. The Bertz CT molecular complexity index is 3260. The molecular weight excluding hydrogens is 657 g/mol. The standard InChI is InChI=1S/C52H34O2/c1-3-4-15-33(2)37-25-26-44(41-20-11-9-18-39(37)41)43-17-8-6-5-7-16-38(40-19-10-12-21-42(40)43)34-24-27-50-47(28-34)48-30-36-31-51-46(29-35(36)32-52(48)54-50)45-22-13-14-23-49(45)53-51/h3-32H,1-2H2/b6-5?,7-5?,8-6?,15-4-,16-7?,17-8?,38-16?,40-38?,43-17?,43-42?. The number of hydrogen-bond donors (Lipinski definition) is 0. The Morgan fingerprint density at radius 2 is 0.926 bits per heavy atom. The van der Waals surface area contributed by atoms with Crippen molar-refractivity contribution in [3.63, 3.8) is 0 Å². The van der Waals surface area contributed by atoms with Gasteiger partial charge >= 0.3 is 0 Å². The van der Waals surface area contributed by atoms with E-state index >= 15 is 0 Å². The Labute approximate surface area is 312 Å². The zero-order valence-electron chi connectivity index (χ0n) is 29.6. The normalized spacial score (nSPS) is 11.8. The Kier molecular flexibility index (Phi) is 7.49. The van der Waals surface area contributed by atoms with E-state index in [4.69, 9.17) is 8.83 Å². The van der Waals surface area contributed by atoms with E-state index in [2.05, 4.69) is 165 Å². The third-order valence-electron chi connectivity index (χ3n) is 10.6. The van der Waals surface area contributed by atoms with Crippen LogP contribution in [0, 0.1) is 0 Å². The number of benzene rings is 7. The van der Waals surface area contributed by atoms with Crippen molar-refractivity contribution in [2.45, 2.75) is 0 Å². The first-order valence-electron chi connectivity index (χ1n) is 18.2. The minimum absolute atomic E-state index is 0.863. The second kappa shape index (κ2) is 12.8. The molecule has 10 aromatic rings. The molecule has 8 aromatic carbocycles. The van der Waals surface area contributed by atoms with Crippen molar-refractivity contribution in [3.8, 4) is 22.3 Å². The molecule has 0 saturated heterocycles. The second-order valence-corrected chi connectivity index (χ2v) is 13.8. The fourth-order valence-corrected chi connectivity index (χ4v) is 8.05. The number of furan rings is 2. The van der Waals surface area contributed by atoms with Crippen LogP contribution in [0.4, 0.5) is 0 Å². The first-order chi connectivity index (χ1) is 26.6. The maximum atomic E-state index is 6.51. The molecular formula is C52H34O2. The summed E-state index contributed by atoms with van der Waals surface area (Å²) < 4.78 is 12.8. The first-order valence-corrected chi connectivity index (χ1v) is 18.2. The number of allylic oxidation sites excluding steroid dienone is 4. The fourth-order valence-electron chi connectivity index (χ4n) is 8.05. The van der Waals surface area contributed by atoms with Crippen LogP contribution in [-0.4, -0.2) is 0 Å². The molecule has 0 aliphatic heterocycles. The summed E-state index contributed by atoms with van der Waals surface area (Å²) in [6.45, 7) is 8.21. The predicted molar refractivity (Wildman–Crippen MR) is 230 cm³/mol. The van der Waals surface area contributed by atoms with Gasteiger partial charge in [0.1, 0.15) is 22.3 Å². The van der Waals surface area contributed by atoms with Crippen LogP contribution in [0.3, 0.4) is 0 Å². The molecule has 0 atom stereocenters. The van der Waals surface area contributed by atoms with Crippen molar-refractivity contribution in [1.29, 1.82) is 0 Å². The van der Waals surface area contributed by atoms with Crippen LogP contribution < -0.4 is 0 Å². The summed E-state index contributed by atoms with van der Waals surface area (Å²) in [4.78, 5) is 0. The van der Waals surface area contributed by atoms with Crippen molar-refractivity contribution in [2.24, 2.45) is 0 Å². The average Bonchev–Trinajstić information content (AvgIpc) is 3.76. The largest absolute Gasteiger partial charge is 0.456 e. The van der Waals surface area contributed by atoms with Gasteiger partial charge in [-0.05, 0) is 108 Å². The second-order valence-electron chi connectivity index (χ2n) is 13.8. The van der Waals surface area contributed by atoms with Crippen LogP contribution in [0.5, 0.6) is 0 Å². The van der Waals surface area contributed by atoms with Gasteiger partial charge in [0.05, 0.1) is 0 Å². The van der Waals surface area contributed by atoms with E-state index in [9.17, 15) is 0 Å². The molecule has 0 fully saturated rings. The summed E-state index contributed by atoms with van der Waals surface area (Å²) in [5, 5.41) is 11.3. The molecule has 0 amide bonds. The SMILES string of the molecule is C=C/C=C\C(=C)c1ccc(-c2ccccccc(-c3ccc4oc5cc6cc7c(cc6cc5c4c3)oc3ccccc37)c3ccccc23)c2ccccc12. The molecule has 0 spiro atoms. The summed E-state index contributed by atoms with van der Waals surface area (Å²) in [6.07, 6.45) is 5.73. The Hall–Kier alpha value is -7.16. The topological polar surface area (TPSA) is 26.3 Å². The van der Waals surface area contributed by atoms with Gasteiger partial charge in [0.2, 0.25) is 0 Å². The van der Waals surface area contributed by atoms with Crippen LogP contribution in [0.2, 0.25) is 0 Å². The Morgan fingerprint density at radius 3 is 1.63 bits per heavy atom. The van der Waals surface area contributed by atoms with Gasteiger partial charge in [-0.15, -0.1) is 0 Å². The Morgan fingerprint density at radius 1 is 0.407 bits per heavy atom. The zero-order chi connectivity index (χ0) is 36.2. The van der Waals surface area contributed by atoms with E-state index < -0.39 is 0 Å². The van der Waals surface area contributed by atoms with Gasteiger partial charge in [-0.2, -0.15) is 0 Å². The van der Waals surface area contributed by atoms with Gasteiger partial charge < -0.3 is 8.83 Å². The average molecular weight is 691 g/mol. The third-order valence-corrected chi connectivity index (χ3v) is 10.6. The number of rotatable bonds is 5. The van der Waals surface area contributed by atoms with Crippen molar-refractivity contribution < 1.29 is 8.83 Å². The molecule has 54 heavy (non-hydrogen) atoms. The highest BCUT2D eigenvalue weighted by atomic mass is 16.3. The van der Waals surface area contributed by atoms with Gasteiger partial charge in [0.15, 0.2) is 0 Å². The summed E-state index contributed by atoms with van der Waals surface area (Å²) in [5.41, 5.74) is 10.1. The number of hydrogen-bond acceptors (Lipinski definition) is 2. The maximum Gasteiger partial charge on any atom is 0.136 e. The highest BCUT2D eigenvalue weighted by Gasteiger charge is 2.15. The molecule has 0 aliphatic rings. The van der Waals surface area contributed by atoms with Crippen LogP contribution in [0.15, 0.2) is 204 Å². The molecule has 0 unspecified atom stereocenters. The van der Waals surface area contributed by atoms with Gasteiger partial charge in [0.25, 0.3) is 0 Å². The van der Waals surface area contributed by atoms with Crippen molar-refractivity contribution in [2.75, 3.05) is 0 Å². The molecule has 0 saturated carbocycles. The molecule has 0 aliphatic carbocycles. The molecule has 0 radical (unpaired) electrons. The smallest absolute Gasteiger partial charge is 0.136 e. The number of para-hydroxylation sites is 1. The molecule has 254 valence electrons. The highest BCUT2D eigenvalue weighted by molar-refractivity contribution is 6.16. The lowest BCUT2D eigenvalue weighted by Gasteiger charge is -2.14. The quantitative estimate of drug-likeness (QED) is 0.168. The van der Waals surface area contributed by atoms with E-state index in [-0.39, 0.29) is 0 Å². The molecule has 0 N–H and O–H groups in total. The van der Waals surface area contributed by atoms with Crippen molar-refractivity contribution in [1.82, 2.24) is 0 Å². The van der Waals surface area contributed by atoms with E-state index in [1.165, 1.54) is 5.39 Å².